The zero-order valence-electron chi connectivity index (χ0n) is 15.9. The van der Waals surface area contributed by atoms with Crippen molar-refractivity contribution in [1.29, 1.82) is 0 Å². The molecule has 0 unspecified atom stereocenters. The molecule has 1 amide bonds. The molecular weight excluding hydrogens is 446 g/mol. The van der Waals surface area contributed by atoms with Gasteiger partial charge in [-0.1, -0.05) is 53.2 Å². The van der Waals surface area contributed by atoms with Crippen LogP contribution in [0.25, 0.3) is 11.4 Å². The first-order chi connectivity index (χ1) is 14.5. The van der Waals surface area contributed by atoms with Gasteiger partial charge in [-0.25, -0.2) is 4.39 Å². The highest BCUT2D eigenvalue weighted by molar-refractivity contribution is 7.99. The SMILES string of the molecule is O=C(CSc1nnc(-c2ccccc2F)n1C1CC1)NCCc1ccc(Cl)cc1Cl. The summed E-state index contributed by atoms with van der Waals surface area (Å²) in [5.41, 5.74) is 1.35. The predicted octanol–water partition coefficient (Wildman–Crippen LogP) is 5.18. The average molecular weight is 465 g/mol. The number of thioether (sulfide) groups is 1. The van der Waals surface area contributed by atoms with Crippen LogP contribution in [0, 0.1) is 5.82 Å². The first-order valence-corrected chi connectivity index (χ1v) is 11.3. The lowest BCUT2D eigenvalue weighted by Crippen LogP contribution is -2.27. The molecular formula is C21H19Cl2FN4OS. The first kappa shape index (κ1) is 21.2. The van der Waals surface area contributed by atoms with Gasteiger partial charge in [0.05, 0.1) is 11.3 Å². The molecule has 0 saturated heterocycles. The van der Waals surface area contributed by atoms with Gasteiger partial charge >= 0.3 is 0 Å². The van der Waals surface area contributed by atoms with E-state index >= 15 is 0 Å². The Labute approximate surface area is 188 Å². The Morgan fingerprint density at radius 2 is 2.00 bits per heavy atom. The molecule has 156 valence electrons. The molecule has 1 N–H and O–H groups in total. The molecule has 1 heterocycles. The van der Waals surface area contributed by atoms with Crippen molar-refractivity contribution >= 4 is 40.9 Å². The number of nitrogens with one attached hydrogen (secondary N) is 1. The van der Waals surface area contributed by atoms with Crippen LogP contribution < -0.4 is 5.32 Å². The van der Waals surface area contributed by atoms with Gasteiger partial charge in [-0.05, 0) is 49.1 Å². The molecule has 1 aromatic heterocycles. The van der Waals surface area contributed by atoms with Crippen molar-refractivity contribution < 1.29 is 9.18 Å². The van der Waals surface area contributed by atoms with Crippen molar-refractivity contribution in [3.05, 3.63) is 63.9 Å². The number of carbonyl (C=O) groups excluding carboxylic acids is 1. The molecule has 30 heavy (non-hydrogen) atoms. The van der Waals surface area contributed by atoms with Crippen LogP contribution >= 0.6 is 35.0 Å². The second-order valence-electron chi connectivity index (χ2n) is 7.01. The Balaban J connectivity index is 1.36. The van der Waals surface area contributed by atoms with E-state index in [-0.39, 0.29) is 23.5 Å². The summed E-state index contributed by atoms with van der Waals surface area (Å²) in [5, 5.41) is 13.1. The lowest BCUT2D eigenvalue weighted by atomic mass is 10.1. The summed E-state index contributed by atoms with van der Waals surface area (Å²) in [6.07, 6.45) is 2.62. The number of amides is 1. The lowest BCUT2D eigenvalue weighted by Gasteiger charge is -2.10. The van der Waals surface area contributed by atoms with Gasteiger partial charge in [0.25, 0.3) is 0 Å². The molecule has 2 aromatic carbocycles. The second-order valence-corrected chi connectivity index (χ2v) is 8.80. The minimum absolute atomic E-state index is 0.108. The highest BCUT2D eigenvalue weighted by atomic mass is 35.5. The number of halogens is 3. The third-order valence-corrected chi connectivity index (χ3v) is 6.29. The summed E-state index contributed by atoms with van der Waals surface area (Å²) in [6.45, 7) is 0.469. The quantitative estimate of drug-likeness (QED) is 0.466. The Kier molecular flexibility index (Phi) is 6.61. The van der Waals surface area contributed by atoms with E-state index in [0.717, 1.165) is 18.4 Å². The lowest BCUT2D eigenvalue weighted by molar-refractivity contribution is -0.118. The fraction of sp³-hybridized carbons (Fsp3) is 0.286. The standard InChI is InChI=1S/C21H19Cl2FN4OS/c22-14-6-5-13(17(23)11-14)9-10-25-19(29)12-30-21-27-26-20(28(21)15-7-8-15)16-3-1-2-4-18(16)24/h1-6,11,15H,7-10,12H2,(H,25,29). The van der Waals surface area contributed by atoms with Crippen LogP contribution in [0.4, 0.5) is 4.39 Å². The average Bonchev–Trinajstić information content (AvgIpc) is 3.48. The maximum atomic E-state index is 14.2. The van der Waals surface area contributed by atoms with Crippen molar-refractivity contribution in [3.8, 4) is 11.4 Å². The topological polar surface area (TPSA) is 59.8 Å². The van der Waals surface area contributed by atoms with E-state index in [1.165, 1.54) is 17.8 Å². The van der Waals surface area contributed by atoms with Crippen LogP contribution in [-0.2, 0) is 11.2 Å². The van der Waals surface area contributed by atoms with Crippen molar-refractivity contribution in [1.82, 2.24) is 20.1 Å². The van der Waals surface area contributed by atoms with Gasteiger partial charge in [0.15, 0.2) is 11.0 Å². The minimum atomic E-state index is -0.332. The molecule has 1 fully saturated rings. The number of hydrogen-bond donors (Lipinski definition) is 1. The number of carbonyl (C=O) groups is 1. The fourth-order valence-corrected chi connectivity index (χ4v) is 4.44. The first-order valence-electron chi connectivity index (χ1n) is 9.56. The monoisotopic (exact) mass is 464 g/mol. The van der Waals surface area contributed by atoms with Gasteiger partial charge in [-0.15, -0.1) is 10.2 Å². The molecule has 0 atom stereocenters. The largest absolute Gasteiger partial charge is 0.355 e. The molecule has 1 saturated carbocycles. The van der Waals surface area contributed by atoms with Gasteiger partial charge in [0.2, 0.25) is 5.91 Å². The van der Waals surface area contributed by atoms with E-state index in [2.05, 4.69) is 15.5 Å². The highest BCUT2D eigenvalue weighted by Crippen LogP contribution is 2.41. The van der Waals surface area contributed by atoms with Crippen LogP contribution in [0.3, 0.4) is 0 Å². The van der Waals surface area contributed by atoms with Crippen LogP contribution in [0.5, 0.6) is 0 Å². The molecule has 1 aliphatic carbocycles. The summed E-state index contributed by atoms with van der Waals surface area (Å²) in [4.78, 5) is 12.3. The van der Waals surface area contributed by atoms with Crippen LogP contribution in [0.15, 0.2) is 47.6 Å². The summed E-state index contributed by atoms with van der Waals surface area (Å²) < 4.78 is 16.2. The smallest absolute Gasteiger partial charge is 0.230 e. The Bertz CT molecular complexity index is 1070. The number of nitrogens with zero attached hydrogens (tertiary/aromatic N) is 3. The van der Waals surface area contributed by atoms with Crippen molar-refractivity contribution in [2.75, 3.05) is 12.3 Å². The van der Waals surface area contributed by atoms with E-state index in [9.17, 15) is 9.18 Å². The number of rotatable bonds is 8. The maximum absolute atomic E-state index is 14.2. The Morgan fingerprint density at radius 3 is 2.73 bits per heavy atom. The van der Waals surface area contributed by atoms with Crippen LogP contribution in [-0.4, -0.2) is 33.0 Å². The molecule has 5 nitrogen and oxygen atoms in total. The molecule has 0 bridgehead atoms. The number of aromatic nitrogens is 3. The number of hydrogen-bond acceptors (Lipinski definition) is 4. The second kappa shape index (κ2) is 9.37. The summed E-state index contributed by atoms with van der Waals surface area (Å²) in [6, 6.07) is 12.1. The molecule has 1 aliphatic rings. The van der Waals surface area contributed by atoms with Gasteiger partial charge in [-0.2, -0.15) is 0 Å². The molecule has 0 spiro atoms. The van der Waals surface area contributed by atoms with Gasteiger partial charge in [-0.3, -0.25) is 9.36 Å². The summed E-state index contributed by atoms with van der Waals surface area (Å²) >= 11 is 13.4. The zero-order valence-corrected chi connectivity index (χ0v) is 18.3. The van der Waals surface area contributed by atoms with Crippen molar-refractivity contribution in [3.63, 3.8) is 0 Å². The third kappa shape index (κ3) is 4.96. The maximum Gasteiger partial charge on any atom is 0.230 e. The third-order valence-electron chi connectivity index (χ3n) is 4.76. The fourth-order valence-electron chi connectivity index (χ4n) is 3.11. The Morgan fingerprint density at radius 1 is 1.20 bits per heavy atom. The highest BCUT2D eigenvalue weighted by Gasteiger charge is 2.31. The van der Waals surface area contributed by atoms with Crippen LogP contribution in [0.1, 0.15) is 24.4 Å². The Hall–Kier alpha value is -2.09. The van der Waals surface area contributed by atoms with Gasteiger partial charge in [0, 0.05) is 22.6 Å². The predicted molar refractivity (Wildman–Crippen MR) is 118 cm³/mol. The van der Waals surface area contributed by atoms with Gasteiger partial charge in [0.1, 0.15) is 5.82 Å². The minimum Gasteiger partial charge on any atom is -0.355 e. The summed E-state index contributed by atoms with van der Waals surface area (Å²) in [7, 11) is 0. The molecule has 3 aromatic rings. The molecule has 0 radical (unpaired) electrons. The number of benzene rings is 2. The van der Waals surface area contributed by atoms with E-state index in [1.54, 1.807) is 30.3 Å². The van der Waals surface area contributed by atoms with E-state index in [0.29, 0.717) is 39.6 Å². The summed E-state index contributed by atoms with van der Waals surface area (Å²) in [5.74, 6) is 0.275. The van der Waals surface area contributed by atoms with Crippen molar-refractivity contribution in [2.45, 2.75) is 30.5 Å². The molecule has 0 aliphatic heterocycles. The van der Waals surface area contributed by atoms with E-state index in [1.807, 2.05) is 10.6 Å². The normalized spacial score (nSPS) is 13.4. The zero-order chi connectivity index (χ0) is 21.1. The molecule has 4 rings (SSSR count). The van der Waals surface area contributed by atoms with E-state index < -0.39 is 0 Å². The van der Waals surface area contributed by atoms with Gasteiger partial charge < -0.3 is 5.32 Å². The van der Waals surface area contributed by atoms with E-state index in [4.69, 9.17) is 23.2 Å². The molecule has 9 heteroatoms. The van der Waals surface area contributed by atoms with Crippen molar-refractivity contribution in [2.24, 2.45) is 0 Å². The van der Waals surface area contributed by atoms with Crippen LogP contribution in [0.2, 0.25) is 10.0 Å².